The first-order valence-electron chi connectivity index (χ1n) is 8.55. The van der Waals surface area contributed by atoms with Gasteiger partial charge in [0, 0.05) is 12.1 Å². The first-order chi connectivity index (χ1) is 13.0. The van der Waals surface area contributed by atoms with E-state index >= 15 is 0 Å². The SMILES string of the molecule is C#CCn1c(=NC(=O)Cc2ccc(C)cc2C)sc2cc3c(cc21)OCO3. The van der Waals surface area contributed by atoms with E-state index in [-0.39, 0.29) is 19.1 Å². The van der Waals surface area contributed by atoms with E-state index in [0.717, 1.165) is 21.3 Å². The molecule has 1 aliphatic rings. The van der Waals surface area contributed by atoms with Gasteiger partial charge in [-0.2, -0.15) is 4.99 Å². The molecule has 0 fully saturated rings. The number of aromatic nitrogens is 1. The van der Waals surface area contributed by atoms with Gasteiger partial charge in [0.15, 0.2) is 16.3 Å². The van der Waals surface area contributed by atoms with Crippen LogP contribution in [0.25, 0.3) is 10.2 Å². The fraction of sp³-hybridized carbons (Fsp3) is 0.238. The van der Waals surface area contributed by atoms with Crippen LogP contribution in [0.2, 0.25) is 0 Å². The molecular weight excluding hydrogens is 360 g/mol. The summed E-state index contributed by atoms with van der Waals surface area (Å²) in [6.45, 7) is 4.59. The predicted octanol–water partition coefficient (Wildman–Crippen LogP) is 3.35. The van der Waals surface area contributed by atoms with Crippen molar-refractivity contribution in [1.29, 1.82) is 0 Å². The molecule has 1 aromatic heterocycles. The average molecular weight is 378 g/mol. The van der Waals surface area contributed by atoms with Crippen molar-refractivity contribution in [3.05, 3.63) is 51.8 Å². The van der Waals surface area contributed by atoms with Crippen molar-refractivity contribution in [2.45, 2.75) is 26.8 Å². The second-order valence-corrected chi connectivity index (χ2v) is 7.47. The number of terminal acetylenes is 1. The lowest BCUT2D eigenvalue weighted by Crippen LogP contribution is -2.17. The topological polar surface area (TPSA) is 52.8 Å². The zero-order chi connectivity index (χ0) is 19.0. The van der Waals surface area contributed by atoms with Gasteiger partial charge < -0.3 is 14.0 Å². The zero-order valence-corrected chi connectivity index (χ0v) is 15.9. The van der Waals surface area contributed by atoms with Crippen molar-refractivity contribution in [1.82, 2.24) is 4.57 Å². The van der Waals surface area contributed by atoms with Gasteiger partial charge in [-0.3, -0.25) is 4.79 Å². The van der Waals surface area contributed by atoms with E-state index in [1.54, 1.807) is 0 Å². The molecule has 0 unspecified atom stereocenters. The zero-order valence-electron chi connectivity index (χ0n) is 15.1. The lowest BCUT2D eigenvalue weighted by molar-refractivity contribution is -0.117. The Morgan fingerprint density at radius 1 is 1.26 bits per heavy atom. The lowest BCUT2D eigenvalue weighted by atomic mass is 10.0. The molecule has 3 aromatic rings. The smallest absolute Gasteiger partial charge is 0.252 e. The molecule has 0 spiro atoms. The number of aryl methyl sites for hydroxylation is 2. The number of nitrogens with zero attached hydrogens (tertiary/aromatic N) is 2. The highest BCUT2D eigenvalue weighted by atomic mass is 32.1. The van der Waals surface area contributed by atoms with Gasteiger partial charge >= 0.3 is 0 Å². The molecule has 1 aliphatic heterocycles. The monoisotopic (exact) mass is 378 g/mol. The Balaban J connectivity index is 1.74. The largest absolute Gasteiger partial charge is 0.454 e. The highest BCUT2D eigenvalue weighted by Gasteiger charge is 2.17. The van der Waals surface area contributed by atoms with Crippen LogP contribution < -0.4 is 14.3 Å². The van der Waals surface area contributed by atoms with Gasteiger partial charge in [0.05, 0.1) is 23.2 Å². The van der Waals surface area contributed by atoms with Crippen LogP contribution >= 0.6 is 11.3 Å². The third-order valence-corrected chi connectivity index (χ3v) is 5.53. The van der Waals surface area contributed by atoms with E-state index in [1.165, 1.54) is 16.9 Å². The normalized spacial score (nSPS) is 13.1. The number of amides is 1. The minimum absolute atomic E-state index is 0.195. The molecule has 2 aromatic carbocycles. The average Bonchev–Trinajstić information content (AvgIpc) is 3.20. The molecule has 0 aliphatic carbocycles. The molecular formula is C21H18N2O3S. The van der Waals surface area contributed by atoms with Gasteiger partial charge in [-0.05, 0) is 25.0 Å². The number of benzene rings is 2. The fourth-order valence-electron chi connectivity index (χ4n) is 3.14. The second kappa shape index (κ2) is 6.93. The Bertz CT molecular complexity index is 1160. The number of carbonyl (C=O) groups excluding carboxylic acids is 1. The molecule has 4 rings (SSSR count). The standard InChI is InChI=1S/C21H18N2O3S/c1-4-7-23-16-10-17-18(26-12-25-17)11-19(16)27-21(23)22-20(24)9-15-6-5-13(2)8-14(15)3/h1,5-6,8,10-11H,7,9,12H2,2-3H3. The quantitative estimate of drug-likeness (QED) is 0.657. The number of ether oxygens (including phenoxy) is 2. The summed E-state index contributed by atoms with van der Waals surface area (Å²) >= 11 is 1.42. The number of thiazole rings is 1. The Labute approximate surface area is 160 Å². The van der Waals surface area contributed by atoms with Crippen molar-refractivity contribution >= 4 is 27.5 Å². The summed E-state index contributed by atoms with van der Waals surface area (Å²) in [6.07, 6.45) is 5.80. The summed E-state index contributed by atoms with van der Waals surface area (Å²) < 4.78 is 13.7. The minimum Gasteiger partial charge on any atom is -0.454 e. The van der Waals surface area contributed by atoms with Crippen LogP contribution in [0.5, 0.6) is 11.5 Å². The summed E-state index contributed by atoms with van der Waals surface area (Å²) in [5.74, 6) is 3.82. The third-order valence-electron chi connectivity index (χ3n) is 4.49. The van der Waals surface area contributed by atoms with Crippen molar-refractivity contribution in [3.8, 4) is 23.8 Å². The van der Waals surface area contributed by atoms with Crippen LogP contribution in [0.3, 0.4) is 0 Å². The van der Waals surface area contributed by atoms with E-state index < -0.39 is 0 Å². The summed E-state index contributed by atoms with van der Waals surface area (Å²) in [5.41, 5.74) is 4.15. The second-order valence-electron chi connectivity index (χ2n) is 6.46. The first-order valence-corrected chi connectivity index (χ1v) is 9.37. The maximum absolute atomic E-state index is 12.6. The van der Waals surface area contributed by atoms with Gasteiger partial charge in [0.1, 0.15) is 0 Å². The van der Waals surface area contributed by atoms with Crippen molar-refractivity contribution < 1.29 is 14.3 Å². The Morgan fingerprint density at radius 3 is 2.78 bits per heavy atom. The summed E-state index contributed by atoms with van der Waals surface area (Å²) in [4.78, 5) is 17.5. The summed E-state index contributed by atoms with van der Waals surface area (Å²) in [7, 11) is 0. The number of hydrogen-bond donors (Lipinski definition) is 0. The minimum atomic E-state index is -0.195. The molecule has 27 heavy (non-hydrogen) atoms. The van der Waals surface area contributed by atoms with Crippen LogP contribution in [0.1, 0.15) is 16.7 Å². The number of rotatable bonds is 3. The summed E-state index contributed by atoms with van der Waals surface area (Å²) in [6, 6.07) is 9.86. The number of fused-ring (bicyclic) bond motifs is 2. The van der Waals surface area contributed by atoms with Gasteiger partial charge in [-0.1, -0.05) is 41.0 Å². The molecule has 0 atom stereocenters. The van der Waals surface area contributed by atoms with Crippen LogP contribution in [0.4, 0.5) is 0 Å². The Hall–Kier alpha value is -3.04. The number of hydrogen-bond acceptors (Lipinski definition) is 4. The maximum Gasteiger partial charge on any atom is 0.252 e. The first kappa shape index (κ1) is 17.4. The molecule has 6 heteroatoms. The van der Waals surface area contributed by atoms with Crippen molar-refractivity contribution in [2.75, 3.05) is 6.79 Å². The van der Waals surface area contributed by atoms with Crippen molar-refractivity contribution in [2.24, 2.45) is 4.99 Å². The maximum atomic E-state index is 12.6. The van der Waals surface area contributed by atoms with E-state index in [1.807, 2.05) is 42.7 Å². The molecule has 136 valence electrons. The van der Waals surface area contributed by atoms with E-state index in [9.17, 15) is 4.79 Å². The predicted molar refractivity (Wildman–Crippen MR) is 105 cm³/mol. The van der Waals surface area contributed by atoms with E-state index in [0.29, 0.717) is 22.8 Å². The van der Waals surface area contributed by atoms with Crippen LogP contribution in [0, 0.1) is 26.2 Å². The van der Waals surface area contributed by atoms with Crippen molar-refractivity contribution in [3.63, 3.8) is 0 Å². The molecule has 0 saturated carbocycles. The number of carbonyl (C=O) groups is 1. The molecule has 0 N–H and O–H groups in total. The molecule has 5 nitrogen and oxygen atoms in total. The highest BCUT2D eigenvalue weighted by molar-refractivity contribution is 7.16. The lowest BCUT2D eigenvalue weighted by Gasteiger charge is -2.04. The van der Waals surface area contributed by atoms with E-state index in [4.69, 9.17) is 15.9 Å². The highest BCUT2D eigenvalue weighted by Crippen LogP contribution is 2.36. The van der Waals surface area contributed by atoms with Gasteiger partial charge in [-0.15, -0.1) is 6.42 Å². The van der Waals surface area contributed by atoms with Crippen LogP contribution in [-0.2, 0) is 17.8 Å². The molecule has 1 amide bonds. The van der Waals surface area contributed by atoms with Gasteiger partial charge in [0.25, 0.3) is 5.91 Å². The van der Waals surface area contributed by atoms with Gasteiger partial charge in [0.2, 0.25) is 6.79 Å². The van der Waals surface area contributed by atoms with Crippen LogP contribution in [-0.4, -0.2) is 17.3 Å². The molecule has 2 heterocycles. The summed E-state index contributed by atoms with van der Waals surface area (Å²) in [5, 5.41) is 0. The van der Waals surface area contributed by atoms with Gasteiger partial charge in [-0.25, -0.2) is 0 Å². The molecule has 0 saturated heterocycles. The molecule has 0 radical (unpaired) electrons. The third kappa shape index (κ3) is 3.34. The fourth-order valence-corrected chi connectivity index (χ4v) is 4.20. The Morgan fingerprint density at radius 2 is 2.04 bits per heavy atom. The van der Waals surface area contributed by atoms with Crippen LogP contribution in [0.15, 0.2) is 35.3 Å². The van der Waals surface area contributed by atoms with E-state index in [2.05, 4.69) is 17.0 Å². The molecule has 0 bridgehead atoms. The Kier molecular flexibility index (Phi) is 4.46.